The zero-order valence-corrected chi connectivity index (χ0v) is 62.7. The Balaban J connectivity index is 0.000000262. The molecular weight excluding hydrogens is 1080 g/mol. The molecule has 17 aliphatic rings. The third-order valence-corrected chi connectivity index (χ3v) is 26.1. The van der Waals surface area contributed by atoms with E-state index < -0.39 is 77.0 Å². The van der Waals surface area contributed by atoms with E-state index in [2.05, 4.69) is 76.2 Å². The van der Waals surface area contributed by atoms with Gasteiger partial charge in [-0.3, -0.25) is 0 Å². The van der Waals surface area contributed by atoms with Crippen LogP contribution in [0.15, 0.2) is 0 Å². The predicted molar refractivity (Wildman–Crippen MR) is 408 cm³/mol. The largest absolute Gasteiger partial charge is 0.0654 e. The molecule has 6 unspecified atom stereocenters. The Morgan fingerprint density at radius 2 is 0.789 bits per heavy atom. The van der Waals surface area contributed by atoms with Gasteiger partial charge in [-0.1, -0.05) is 330 Å². The van der Waals surface area contributed by atoms with Gasteiger partial charge in [0.1, 0.15) is 0 Å². The Morgan fingerprint density at radius 1 is 0.378 bits per heavy atom. The fourth-order valence-corrected chi connectivity index (χ4v) is 20.7. The molecule has 0 heteroatoms. The van der Waals surface area contributed by atoms with E-state index in [4.69, 9.17) is 31.5 Å². The maximum absolute atomic E-state index is 7.42. The molecule has 0 radical (unpaired) electrons. The van der Waals surface area contributed by atoms with E-state index in [0.29, 0.717) is 0 Å². The van der Waals surface area contributed by atoms with Crippen molar-refractivity contribution in [3.05, 3.63) is 0 Å². The van der Waals surface area contributed by atoms with E-state index >= 15 is 0 Å². The number of fused-ring (bicyclic) bond motifs is 4. The minimum absolute atomic E-state index is 0.160. The molecule has 0 aromatic rings. The van der Waals surface area contributed by atoms with Gasteiger partial charge >= 0.3 is 0 Å². The second-order valence-corrected chi connectivity index (χ2v) is 33.9. The van der Waals surface area contributed by atoms with Gasteiger partial charge < -0.3 is 0 Å². The molecule has 0 saturated heterocycles. The maximum Gasteiger partial charge on any atom is 0.0297 e. The second kappa shape index (κ2) is 47.9. The lowest BCUT2D eigenvalue weighted by Gasteiger charge is -2.54. The van der Waals surface area contributed by atoms with Crippen molar-refractivity contribution in [2.75, 3.05) is 0 Å². The molecule has 0 heterocycles. The van der Waals surface area contributed by atoms with Crippen molar-refractivity contribution in [2.24, 2.45) is 142 Å². The van der Waals surface area contributed by atoms with E-state index in [-0.39, 0.29) is 6.42 Å². The minimum Gasteiger partial charge on any atom is -0.0654 e. The van der Waals surface area contributed by atoms with Gasteiger partial charge in [0.2, 0.25) is 0 Å². The van der Waals surface area contributed by atoms with Crippen LogP contribution in [-0.4, -0.2) is 0 Å². The molecule has 17 saturated carbocycles. The smallest absolute Gasteiger partial charge is 0.0297 e. The fourth-order valence-electron chi connectivity index (χ4n) is 20.7. The van der Waals surface area contributed by atoms with Crippen LogP contribution < -0.4 is 0 Å². The zero-order valence-electron chi connectivity index (χ0n) is 85.7. The first-order valence-electron chi connectivity index (χ1n) is 52.2. The first kappa shape index (κ1) is 53.0. The van der Waals surface area contributed by atoms with Crippen molar-refractivity contribution in [1.82, 2.24) is 0 Å². The van der Waals surface area contributed by atoms with Crippen molar-refractivity contribution in [3.63, 3.8) is 0 Å². The van der Waals surface area contributed by atoms with Crippen LogP contribution in [0.5, 0.6) is 0 Å². The summed E-state index contributed by atoms with van der Waals surface area (Å²) >= 11 is 0. The summed E-state index contributed by atoms with van der Waals surface area (Å²) in [7, 11) is 0. The molecule has 0 aliphatic heterocycles. The van der Waals surface area contributed by atoms with Crippen LogP contribution in [0.4, 0.5) is 0 Å². The predicted octanol–water partition coefficient (Wildman–Crippen LogP) is 30.9. The van der Waals surface area contributed by atoms with E-state index in [1.165, 1.54) is 161 Å². The highest BCUT2D eigenvalue weighted by Gasteiger charge is 2.48. The maximum atomic E-state index is 7.42. The van der Waals surface area contributed by atoms with Crippen LogP contribution >= 0.6 is 0 Å². The molecule has 534 valence electrons. The lowest BCUT2D eigenvalue weighted by Crippen LogP contribution is -2.44. The molecule has 0 amide bonds. The summed E-state index contributed by atoms with van der Waals surface area (Å²) in [4.78, 5) is 0. The Morgan fingerprint density at radius 3 is 0.989 bits per heavy atom. The lowest BCUT2D eigenvalue weighted by atomic mass is 9.51. The van der Waals surface area contributed by atoms with Crippen LogP contribution in [0.1, 0.15) is 464 Å². The molecule has 90 heavy (non-hydrogen) atoms. The normalized spacial score (nSPS) is 42.3. The van der Waals surface area contributed by atoms with Crippen LogP contribution in [0, 0.1) is 142 Å². The average molecular weight is 1280 g/mol. The van der Waals surface area contributed by atoms with Gasteiger partial charge in [-0.25, -0.2) is 0 Å². The van der Waals surface area contributed by atoms with Crippen molar-refractivity contribution < 1.29 is 31.5 Å². The molecule has 17 aliphatic carbocycles. The molecule has 12 bridgehead atoms. The Hall–Kier alpha value is 0. The number of rotatable bonds is 8. The minimum atomic E-state index is -3.20. The second-order valence-electron chi connectivity index (χ2n) is 33.9. The van der Waals surface area contributed by atoms with Gasteiger partial charge in [-0.05, 0) is 245 Å². The third kappa shape index (κ3) is 33.0. The summed E-state index contributed by atoms with van der Waals surface area (Å²) < 4.78 is 164. The Bertz CT molecular complexity index is 2410. The van der Waals surface area contributed by atoms with Gasteiger partial charge in [0.15, 0.2) is 0 Å². The molecular formula is C90H174. The van der Waals surface area contributed by atoms with Gasteiger partial charge in [0, 0.05) is 31.5 Å². The standard InChI is InChI=1S/C12H20.C11H18.C9H16.C8H14.C8H16.2C7H14.2C6H12.C6H14.2C5H12/c1-2-12-10-4-8-3-9(6-10)7-11(12)5-8;1-7-10-3-8-2-9(5-10)6-11(7)4-8;1-2-8-5-7-3-4-9(8)6-7;1-6-4-7-2-3-8(6)5-7;1-2-8-6-4-3-5-7-8;1-7-5-3-2-4-6-7;1-2-7-5-3-4-6-7;2*1-6-4-2-3-5-6;1-4-5-6(2)3;2*1-4-5(2)3/h8-12H,2-7H2,1H3;7-11H,2-6H2,1H3;7-9H,2-6H2,1H3;6-8H,2-5H2,1H3;8H,2-7H2,1H3;2*7H,2-6H2,1H3;2*6H,2-5H2,1H3;6H,4-5H2,1-3H3;2*5H,4H2,1-3H3/i;;;;;;;2D2,3D2,4D2,5D2;;;2D3,3D3,4D2,5D;2D3,3D3. The molecule has 0 aromatic carbocycles. The molecule has 0 aromatic heterocycles. The number of hydrogen-bond donors (Lipinski definition) is 0. The van der Waals surface area contributed by atoms with E-state index in [0.717, 1.165) is 131 Å². The first-order chi connectivity index (χ1) is 52.2. The summed E-state index contributed by atoms with van der Waals surface area (Å²) in [5, 5.41) is 0. The van der Waals surface area contributed by atoms with Crippen molar-refractivity contribution >= 4 is 0 Å². The van der Waals surface area contributed by atoms with E-state index in [1.54, 1.807) is 122 Å². The fraction of sp³-hybridized carbons (Fsp3) is 1.00. The Kier molecular flexibility index (Phi) is 28.2. The van der Waals surface area contributed by atoms with Crippen molar-refractivity contribution in [2.45, 2.75) is 432 Å². The molecule has 17 rings (SSSR count). The zero-order chi connectivity index (χ0) is 85.7. The summed E-state index contributed by atoms with van der Waals surface area (Å²) in [6.07, 6.45) is 50.7. The average Bonchev–Trinajstić information content (AvgIpc) is 1.52. The molecule has 6 atom stereocenters. The number of hydrogen-bond acceptors (Lipinski definition) is 0. The molecule has 0 N–H and O–H groups in total. The third-order valence-electron chi connectivity index (χ3n) is 26.1. The van der Waals surface area contributed by atoms with Gasteiger partial charge in [-0.15, -0.1) is 0 Å². The van der Waals surface area contributed by atoms with Crippen LogP contribution in [0.3, 0.4) is 0 Å². The van der Waals surface area contributed by atoms with Crippen molar-refractivity contribution in [3.8, 4) is 0 Å². The highest BCUT2D eigenvalue weighted by atomic mass is 14.5. The molecule has 0 spiro atoms. The monoisotopic (exact) mass is 1280 g/mol. The topological polar surface area (TPSA) is 0 Å². The SMILES string of the molecule is CC1C2CC3CC(C2)CC1C3.CC1CC2CCC1C2.CC1CCCC1.CC1CCCCC1.CCC1C2CC3CC(C2)CC1C3.CCC1CC2CCC1C2.CCC1CCCC1.CCC1CCCCC1.CCCC(C)C.[2H]C([2H])([2H])C(CC)C([2H])([2H])[2H].[2H]C([2H])([2H])C([2H])(C([2H])([2H])[2H])C([2H])([2H])C.[2H]C1([2H])C(C)C([2H])([2H])C([2H])([2H])C1([2H])[2H]. The van der Waals surface area contributed by atoms with E-state index in [9.17, 15) is 0 Å². The molecule has 17 fully saturated rings. The Labute approximate surface area is 604 Å². The summed E-state index contributed by atoms with van der Waals surface area (Å²) in [5.74, 6) is 17.8. The highest BCUT2D eigenvalue weighted by molar-refractivity contribution is 4.98. The van der Waals surface area contributed by atoms with Crippen molar-refractivity contribution in [1.29, 1.82) is 0 Å². The highest BCUT2D eigenvalue weighted by Crippen LogP contribution is 2.58. The lowest BCUT2D eigenvalue weighted by molar-refractivity contribution is -0.0376. The summed E-state index contributed by atoms with van der Waals surface area (Å²) in [5.41, 5.74) is 0. The van der Waals surface area contributed by atoms with Crippen LogP contribution in [0.2, 0.25) is 0 Å². The van der Waals surface area contributed by atoms with Gasteiger partial charge in [-0.2, -0.15) is 0 Å². The van der Waals surface area contributed by atoms with E-state index in [1.807, 2.05) is 0 Å². The van der Waals surface area contributed by atoms with Gasteiger partial charge in [0.25, 0.3) is 0 Å². The quantitative estimate of drug-likeness (QED) is 0.227. The van der Waals surface area contributed by atoms with Crippen LogP contribution in [-0.2, 0) is 0 Å². The first-order valence-corrected chi connectivity index (χ1v) is 40.7. The summed E-state index contributed by atoms with van der Waals surface area (Å²) in [6.45, 7) is 18.2. The summed E-state index contributed by atoms with van der Waals surface area (Å²) in [6, 6.07) is 0. The van der Waals surface area contributed by atoms with Gasteiger partial charge in [0.05, 0.1) is 0 Å². The molecule has 0 nitrogen and oxygen atoms in total. The van der Waals surface area contributed by atoms with Crippen LogP contribution in [0.25, 0.3) is 0 Å².